The number of carbonyl (C=O) groups is 1. The van der Waals surface area contributed by atoms with Crippen LogP contribution in [0.3, 0.4) is 0 Å². The van der Waals surface area contributed by atoms with E-state index >= 15 is 0 Å². The number of nitrogens with zero attached hydrogens (tertiary/aromatic N) is 3. The normalized spacial score (nSPS) is 17.7. The summed E-state index contributed by atoms with van der Waals surface area (Å²) < 4.78 is 0. The van der Waals surface area contributed by atoms with Crippen LogP contribution in [0, 0.1) is 5.92 Å². The molecule has 0 aliphatic carbocycles. The van der Waals surface area contributed by atoms with Crippen molar-refractivity contribution in [1.82, 2.24) is 14.9 Å². The van der Waals surface area contributed by atoms with Crippen molar-refractivity contribution >= 4 is 34.4 Å². The van der Waals surface area contributed by atoms with Crippen LogP contribution in [0.5, 0.6) is 0 Å². The molecule has 2 aromatic rings. The molecule has 5 nitrogen and oxygen atoms in total. The quantitative estimate of drug-likeness (QED) is 0.843. The van der Waals surface area contributed by atoms with Crippen LogP contribution >= 0.6 is 11.6 Å². The summed E-state index contributed by atoms with van der Waals surface area (Å²) in [6.45, 7) is 5.99. The predicted octanol–water partition coefficient (Wildman–Crippen LogP) is 3.51. The van der Waals surface area contributed by atoms with E-state index < -0.39 is 0 Å². The molecule has 1 amide bonds. The van der Waals surface area contributed by atoms with E-state index in [0.29, 0.717) is 16.9 Å². The molecule has 1 aromatic heterocycles. The smallest absolute Gasteiger partial charge is 0.245 e. The monoisotopic (exact) mass is 344 g/mol. The highest BCUT2D eigenvalue weighted by Gasteiger charge is 2.21. The lowest BCUT2D eigenvalue weighted by Crippen LogP contribution is -2.39. The van der Waals surface area contributed by atoms with Crippen LogP contribution in [0.1, 0.15) is 19.3 Å². The van der Waals surface area contributed by atoms with Gasteiger partial charge in [0.05, 0.1) is 10.5 Å². The Morgan fingerprint density at radius 2 is 2.38 bits per heavy atom. The van der Waals surface area contributed by atoms with Crippen molar-refractivity contribution in [2.75, 3.05) is 25.0 Å². The van der Waals surface area contributed by atoms with Gasteiger partial charge >= 0.3 is 0 Å². The Balaban J connectivity index is 1.54. The molecule has 0 bridgehead atoms. The predicted molar refractivity (Wildman–Crippen MR) is 97.2 cm³/mol. The van der Waals surface area contributed by atoms with E-state index in [4.69, 9.17) is 11.6 Å². The summed E-state index contributed by atoms with van der Waals surface area (Å²) in [6, 6.07) is 5.64. The van der Waals surface area contributed by atoms with Gasteiger partial charge < -0.3 is 10.2 Å². The highest BCUT2D eigenvalue weighted by atomic mass is 35.5. The van der Waals surface area contributed by atoms with Crippen molar-refractivity contribution in [1.29, 1.82) is 0 Å². The van der Waals surface area contributed by atoms with Gasteiger partial charge in [0.25, 0.3) is 0 Å². The first kappa shape index (κ1) is 16.7. The molecule has 1 aromatic carbocycles. The number of benzene rings is 1. The van der Waals surface area contributed by atoms with E-state index in [0.717, 1.165) is 49.8 Å². The van der Waals surface area contributed by atoms with Gasteiger partial charge in [-0.3, -0.25) is 4.79 Å². The number of likely N-dealkylation sites (tertiary alicyclic amines) is 1. The third kappa shape index (κ3) is 3.85. The minimum Gasteiger partial charge on any atom is -0.354 e. The van der Waals surface area contributed by atoms with Crippen LogP contribution < -0.4 is 5.32 Å². The van der Waals surface area contributed by atoms with Gasteiger partial charge in [-0.1, -0.05) is 24.2 Å². The fourth-order valence-electron chi connectivity index (χ4n) is 3.12. The summed E-state index contributed by atoms with van der Waals surface area (Å²) in [6.07, 6.45) is 6.33. The van der Waals surface area contributed by atoms with Crippen molar-refractivity contribution in [3.05, 3.63) is 42.1 Å². The highest BCUT2D eigenvalue weighted by molar-refractivity contribution is 6.35. The third-order valence-corrected chi connectivity index (χ3v) is 4.74. The maximum atomic E-state index is 11.7. The van der Waals surface area contributed by atoms with Crippen molar-refractivity contribution in [3.8, 4) is 0 Å². The average molecular weight is 345 g/mol. The Kier molecular flexibility index (Phi) is 5.30. The molecule has 0 saturated carbocycles. The molecule has 6 heteroatoms. The SMILES string of the molecule is C=CC(=O)N1CCCC(CCNc2ncc3c(Cl)cccc3n2)C1. The first-order chi connectivity index (χ1) is 11.7. The van der Waals surface area contributed by atoms with Gasteiger partial charge in [0, 0.05) is 31.2 Å². The van der Waals surface area contributed by atoms with E-state index in [-0.39, 0.29) is 5.91 Å². The average Bonchev–Trinajstić information content (AvgIpc) is 2.61. The van der Waals surface area contributed by atoms with E-state index in [1.165, 1.54) is 6.08 Å². The standard InChI is InChI=1S/C18H21ClN4O/c1-2-17(24)23-10-4-5-13(12-23)8-9-20-18-21-11-14-15(19)6-3-7-16(14)22-18/h2-3,6-7,11,13H,1,4-5,8-10,12H2,(H,20,21,22). The molecule has 1 saturated heterocycles. The topological polar surface area (TPSA) is 58.1 Å². The Morgan fingerprint density at radius 1 is 1.50 bits per heavy atom. The zero-order chi connectivity index (χ0) is 16.9. The first-order valence-electron chi connectivity index (χ1n) is 8.24. The van der Waals surface area contributed by atoms with Gasteiger partial charge in [0.15, 0.2) is 0 Å². The Bertz CT molecular complexity index is 749. The molecule has 1 fully saturated rings. The second-order valence-electron chi connectivity index (χ2n) is 6.08. The Hall–Kier alpha value is -2.14. The van der Waals surface area contributed by atoms with Gasteiger partial charge in [-0.15, -0.1) is 0 Å². The van der Waals surface area contributed by atoms with Crippen LogP contribution in [0.25, 0.3) is 10.9 Å². The molecule has 0 spiro atoms. The van der Waals surface area contributed by atoms with Gasteiger partial charge in [-0.25, -0.2) is 9.97 Å². The van der Waals surface area contributed by atoms with E-state index in [9.17, 15) is 4.79 Å². The van der Waals surface area contributed by atoms with Crippen LogP contribution in [0.4, 0.5) is 5.95 Å². The largest absolute Gasteiger partial charge is 0.354 e. The maximum Gasteiger partial charge on any atom is 0.245 e. The number of hydrogen-bond acceptors (Lipinski definition) is 4. The summed E-state index contributed by atoms with van der Waals surface area (Å²) in [7, 11) is 0. The lowest BCUT2D eigenvalue weighted by molar-refractivity contribution is -0.127. The minimum atomic E-state index is 0.0300. The number of amides is 1. The van der Waals surface area contributed by atoms with Crippen molar-refractivity contribution in [2.45, 2.75) is 19.3 Å². The number of carbonyl (C=O) groups excluding carboxylic acids is 1. The molecular weight excluding hydrogens is 324 g/mol. The lowest BCUT2D eigenvalue weighted by atomic mass is 9.95. The number of aromatic nitrogens is 2. The summed E-state index contributed by atoms with van der Waals surface area (Å²) in [5, 5.41) is 4.79. The van der Waals surface area contributed by atoms with Crippen LogP contribution in [0.15, 0.2) is 37.1 Å². The molecule has 1 N–H and O–H groups in total. The molecule has 0 radical (unpaired) electrons. The summed E-state index contributed by atoms with van der Waals surface area (Å²) >= 11 is 6.13. The number of hydrogen-bond donors (Lipinski definition) is 1. The molecule has 1 aliphatic rings. The summed E-state index contributed by atoms with van der Waals surface area (Å²) in [5.41, 5.74) is 0.834. The number of rotatable bonds is 5. The number of halogens is 1. The highest BCUT2D eigenvalue weighted by Crippen LogP contribution is 2.22. The summed E-state index contributed by atoms with van der Waals surface area (Å²) in [5.74, 6) is 1.15. The lowest BCUT2D eigenvalue weighted by Gasteiger charge is -2.32. The second kappa shape index (κ2) is 7.62. The van der Waals surface area contributed by atoms with Crippen molar-refractivity contribution in [2.24, 2.45) is 5.92 Å². The van der Waals surface area contributed by atoms with Gasteiger partial charge in [0.2, 0.25) is 11.9 Å². The number of fused-ring (bicyclic) bond motifs is 1. The number of nitrogens with one attached hydrogen (secondary N) is 1. The fourth-order valence-corrected chi connectivity index (χ4v) is 3.34. The molecule has 1 aliphatic heterocycles. The van der Waals surface area contributed by atoms with Crippen molar-refractivity contribution < 1.29 is 4.79 Å². The molecule has 2 heterocycles. The second-order valence-corrected chi connectivity index (χ2v) is 6.49. The maximum absolute atomic E-state index is 11.7. The number of piperidine rings is 1. The van der Waals surface area contributed by atoms with Gasteiger partial charge in [0.1, 0.15) is 0 Å². The Morgan fingerprint density at radius 3 is 3.21 bits per heavy atom. The van der Waals surface area contributed by atoms with Crippen LogP contribution in [-0.4, -0.2) is 40.4 Å². The fraction of sp³-hybridized carbons (Fsp3) is 0.389. The molecule has 3 rings (SSSR count). The Labute approximate surface area is 146 Å². The van der Waals surface area contributed by atoms with E-state index in [1.54, 1.807) is 6.20 Å². The molecule has 1 unspecified atom stereocenters. The summed E-state index contributed by atoms with van der Waals surface area (Å²) in [4.78, 5) is 22.4. The van der Waals surface area contributed by atoms with E-state index in [1.807, 2.05) is 23.1 Å². The van der Waals surface area contributed by atoms with Gasteiger partial charge in [-0.2, -0.15) is 0 Å². The van der Waals surface area contributed by atoms with Crippen molar-refractivity contribution in [3.63, 3.8) is 0 Å². The number of anilines is 1. The zero-order valence-electron chi connectivity index (χ0n) is 13.5. The third-order valence-electron chi connectivity index (χ3n) is 4.41. The zero-order valence-corrected chi connectivity index (χ0v) is 14.3. The molecule has 126 valence electrons. The minimum absolute atomic E-state index is 0.0300. The van der Waals surface area contributed by atoms with Gasteiger partial charge in [-0.05, 0) is 43.4 Å². The van der Waals surface area contributed by atoms with E-state index in [2.05, 4.69) is 21.9 Å². The first-order valence-corrected chi connectivity index (χ1v) is 8.61. The van der Waals surface area contributed by atoms with Crippen LogP contribution in [0.2, 0.25) is 5.02 Å². The van der Waals surface area contributed by atoms with Crippen LogP contribution in [-0.2, 0) is 4.79 Å². The molecular formula is C18H21ClN4O. The molecule has 24 heavy (non-hydrogen) atoms. The molecule has 1 atom stereocenters.